The van der Waals surface area contributed by atoms with Crippen LogP contribution in [0.1, 0.15) is 44.6 Å². The molecule has 1 aromatic rings. The van der Waals surface area contributed by atoms with E-state index < -0.39 is 0 Å². The molecule has 5 rings (SSSR count). The van der Waals surface area contributed by atoms with Crippen LogP contribution in [0.2, 0.25) is 0 Å². The molecule has 1 fully saturated rings. The summed E-state index contributed by atoms with van der Waals surface area (Å²) in [4.78, 5) is 5.00. The fraction of sp³-hybridized carbons (Fsp3) is 0.268. The number of hydrogen-bond acceptors (Lipinski definition) is 2. The maximum Gasteiger partial charge on any atom is 0.0533 e. The predicted octanol–water partition coefficient (Wildman–Crippen LogP) is 10.0. The molecule has 43 heavy (non-hydrogen) atoms. The quantitative estimate of drug-likeness (QED) is 0.260. The van der Waals surface area contributed by atoms with Crippen molar-refractivity contribution >= 4 is 5.57 Å². The third kappa shape index (κ3) is 7.38. The zero-order chi connectivity index (χ0) is 30.0. The van der Waals surface area contributed by atoms with Crippen LogP contribution in [0.15, 0.2) is 170 Å². The first-order valence-electron chi connectivity index (χ1n) is 15.8. The molecule has 220 valence electrons. The van der Waals surface area contributed by atoms with Crippen LogP contribution in [0.4, 0.5) is 0 Å². The van der Waals surface area contributed by atoms with Gasteiger partial charge >= 0.3 is 0 Å². The second-order valence-corrected chi connectivity index (χ2v) is 11.8. The Morgan fingerprint density at radius 3 is 2.47 bits per heavy atom. The number of nitrogens with zero attached hydrogens (tertiary/aromatic N) is 2. The normalized spacial score (nSPS) is 26.8. The molecule has 0 aromatic heterocycles. The predicted molar refractivity (Wildman–Crippen MR) is 186 cm³/mol. The number of allylic oxidation sites excluding steroid dienone is 15. The molecule has 0 amide bonds. The zero-order valence-electron chi connectivity index (χ0n) is 25.7. The van der Waals surface area contributed by atoms with Crippen LogP contribution in [-0.2, 0) is 0 Å². The SMILES string of the molecule is C=C/C=C\C1=CN(C/C=C2\C(=C/CCC)C3C=CC=CC(C3)N2C(=C)/C=C(\C=C)c2ccccc2)C2C=CC=CC(C1)C2. The van der Waals surface area contributed by atoms with E-state index in [0.717, 1.165) is 55.5 Å². The fourth-order valence-corrected chi connectivity index (χ4v) is 6.64. The van der Waals surface area contributed by atoms with Gasteiger partial charge in [-0.3, -0.25) is 0 Å². The molecule has 2 heteroatoms. The van der Waals surface area contributed by atoms with Crippen LogP contribution in [0.3, 0.4) is 0 Å². The Hall–Kier alpha value is -4.30. The van der Waals surface area contributed by atoms with Crippen LogP contribution >= 0.6 is 0 Å². The molecule has 2 nitrogen and oxygen atoms in total. The van der Waals surface area contributed by atoms with Gasteiger partial charge in [-0.25, -0.2) is 0 Å². The molecular formula is C41H46N2. The maximum absolute atomic E-state index is 4.67. The van der Waals surface area contributed by atoms with Crippen LogP contribution in [0.5, 0.6) is 0 Å². The summed E-state index contributed by atoms with van der Waals surface area (Å²) in [5.41, 5.74) is 7.25. The highest BCUT2D eigenvalue weighted by molar-refractivity contribution is 5.75. The summed E-state index contributed by atoms with van der Waals surface area (Å²) in [6, 6.07) is 11.1. The van der Waals surface area contributed by atoms with Crippen molar-refractivity contribution in [1.82, 2.24) is 9.80 Å². The maximum atomic E-state index is 4.67. The standard InChI is InChI=1S/C41H46N2/c1-5-8-17-34-28-33-18-13-15-22-38(29-33)42(31-34)26-25-41-40(24-9-6-2)37-21-14-16-23-39(30-37)43(41)32(4)27-35(7-3)36-19-11-10-12-20-36/h5,7-8,10-25,27,31,33,37-39H,1,3-4,6,9,26,28-30H2,2H3/b17-8-,35-27+,40-24-,41-25+. The van der Waals surface area contributed by atoms with E-state index in [1.807, 2.05) is 12.2 Å². The Morgan fingerprint density at radius 1 is 0.930 bits per heavy atom. The number of rotatable bonds is 10. The van der Waals surface area contributed by atoms with Crippen molar-refractivity contribution < 1.29 is 0 Å². The largest absolute Gasteiger partial charge is 0.367 e. The summed E-state index contributed by atoms with van der Waals surface area (Å²) >= 11 is 0. The van der Waals surface area contributed by atoms with Gasteiger partial charge in [0.1, 0.15) is 0 Å². The minimum atomic E-state index is 0.229. The number of likely N-dealkylation sites (tertiary alicyclic amines) is 1. The first kappa shape index (κ1) is 30.2. The summed E-state index contributed by atoms with van der Waals surface area (Å²) in [6.45, 7) is 15.8. The Kier molecular flexibility index (Phi) is 10.3. The van der Waals surface area contributed by atoms with Crippen molar-refractivity contribution in [2.45, 2.75) is 51.1 Å². The number of piperidine rings is 1. The van der Waals surface area contributed by atoms with Gasteiger partial charge in [0.25, 0.3) is 0 Å². The fourth-order valence-electron chi connectivity index (χ4n) is 6.64. The summed E-state index contributed by atoms with van der Waals surface area (Å²) in [7, 11) is 0. The zero-order valence-corrected chi connectivity index (χ0v) is 25.7. The Balaban J connectivity index is 1.57. The summed E-state index contributed by atoms with van der Waals surface area (Å²) in [5, 5.41) is 0. The average molecular weight is 567 g/mol. The lowest BCUT2D eigenvalue weighted by Crippen LogP contribution is -2.40. The molecule has 4 aliphatic rings. The first-order valence-corrected chi connectivity index (χ1v) is 15.8. The second-order valence-electron chi connectivity index (χ2n) is 11.8. The van der Waals surface area contributed by atoms with Gasteiger partial charge in [-0.05, 0) is 66.0 Å². The van der Waals surface area contributed by atoms with Gasteiger partial charge in [0.05, 0.1) is 6.04 Å². The van der Waals surface area contributed by atoms with Crippen LogP contribution in [-0.4, -0.2) is 28.4 Å². The van der Waals surface area contributed by atoms with Crippen molar-refractivity contribution in [3.8, 4) is 0 Å². The Labute approximate surface area is 259 Å². The van der Waals surface area contributed by atoms with Gasteiger partial charge in [0, 0.05) is 36.1 Å². The summed E-state index contributed by atoms with van der Waals surface area (Å²) < 4.78 is 0. The van der Waals surface area contributed by atoms with Gasteiger partial charge in [-0.1, -0.05) is 142 Å². The van der Waals surface area contributed by atoms with Gasteiger partial charge in [-0.15, -0.1) is 0 Å². The van der Waals surface area contributed by atoms with Crippen molar-refractivity contribution in [3.63, 3.8) is 0 Å². The smallest absolute Gasteiger partial charge is 0.0533 e. The van der Waals surface area contributed by atoms with Gasteiger partial charge in [0.15, 0.2) is 0 Å². The van der Waals surface area contributed by atoms with Crippen molar-refractivity contribution in [2.24, 2.45) is 11.8 Å². The van der Waals surface area contributed by atoms with Crippen LogP contribution < -0.4 is 0 Å². The highest BCUT2D eigenvalue weighted by Gasteiger charge is 2.34. The van der Waals surface area contributed by atoms with E-state index in [2.05, 4.69) is 152 Å². The van der Waals surface area contributed by atoms with E-state index in [9.17, 15) is 0 Å². The Bertz CT molecular complexity index is 1450. The van der Waals surface area contributed by atoms with Crippen LogP contribution in [0, 0.1) is 11.8 Å². The molecule has 2 aliphatic carbocycles. The molecule has 1 aromatic carbocycles. The average Bonchev–Trinajstić information content (AvgIpc) is 3.46. The molecule has 2 aliphatic heterocycles. The van der Waals surface area contributed by atoms with Gasteiger partial charge < -0.3 is 9.80 Å². The van der Waals surface area contributed by atoms with E-state index in [-0.39, 0.29) is 6.04 Å². The molecule has 4 bridgehead atoms. The lowest BCUT2D eigenvalue weighted by molar-refractivity contribution is 0.296. The van der Waals surface area contributed by atoms with Gasteiger partial charge in [0.2, 0.25) is 0 Å². The topological polar surface area (TPSA) is 6.48 Å². The number of hydrogen-bond donors (Lipinski definition) is 0. The third-order valence-electron chi connectivity index (χ3n) is 8.75. The van der Waals surface area contributed by atoms with Crippen LogP contribution in [0.25, 0.3) is 5.57 Å². The van der Waals surface area contributed by atoms with E-state index in [0.29, 0.717) is 17.9 Å². The minimum absolute atomic E-state index is 0.229. The number of benzene rings is 1. The third-order valence-corrected chi connectivity index (χ3v) is 8.75. The molecule has 4 unspecified atom stereocenters. The molecule has 0 N–H and O–H groups in total. The summed E-state index contributed by atoms with van der Waals surface area (Å²) in [6.07, 6.45) is 41.3. The van der Waals surface area contributed by atoms with E-state index in [4.69, 9.17) is 0 Å². The molecule has 0 saturated carbocycles. The van der Waals surface area contributed by atoms with E-state index >= 15 is 0 Å². The highest BCUT2D eigenvalue weighted by Crippen LogP contribution is 2.41. The van der Waals surface area contributed by atoms with Gasteiger partial charge in [-0.2, -0.15) is 0 Å². The molecule has 1 saturated heterocycles. The lowest BCUT2D eigenvalue weighted by Gasteiger charge is -2.43. The van der Waals surface area contributed by atoms with E-state index in [1.54, 1.807) is 0 Å². The van der Waals surface area contributed by atoms with E-state index in [1.165, 1.54) is 16.8 Å². The monoisotopic (exact) mass is 566 g/mol. The highest BCUT2D eigenvalue weighted by atomic mass is 15.2. The lowest BCUT2D eigenvalue weighted by atomic mass is 9.83. The Morgan fingerprint density at radius 2 is 1.70 bits per heavy atom. The van der Waals surface area contributed by atoms with Crippen molar-refractivity contribution in [1.29, 1.82) is 0 Å². The molecular weight excluding hydrogens is 520 g/mol. The molecule has 4 atom stereocenters. The van der Waals surface area contributed by atoms with Crippen molar-refractivity contribution in [2.75, 3.05) is 6.54 Å². The molecule has 0 radical (unpaired) electrons. The molecule has 2 heterocycles. The minimum Gasteiger partial charge on any atom is -0.367 e. The summed E-state index contributed by atoms with van der Waals surface area (Å²) in [5.74, 6) is 0.916. The second kappa shape index (κ2) is 14.7. The number of unbranched alkanes of at least 4 members (excludes halogenated alkanes) is 1. The number of fused-ring (bicyclic) bond motifs is 4. The first-order chi connectivity index (χ1) is 21.1. The van der Waals surface area contributed by atoms with Crippen molar-refractivity contribution in [3.05, 3.63) is 176 Å². The molecule has 0 spiro atoms.